The molecule has 248 valence electrons. The molecule has 7 rings (SSSR count). The summed E-state index contributed by atoms with van der Waals surface area (Å²) in [6.45, 7) is 3.60. The number of fused-ring (bicyclic) bond motifs is 2. The Morgan fingerprint density at radius 1 is 0.875 bits per heavy atom. The molecular formula is C36H32O12. The van der Waals surface area contributed by atoms with Crippen molar-refractivity contribution in [3.8, 4) is 28.7 Å². The van der Waals surface area contributed by atoms with Crippen molar-refractivity contribution in [1.29, 1.82) is 0 Å². The number of unbranched alkanes of at least 4 members (excludes halogenated alkanes) is 1. The quantitative estimate of drug-likeness (QED) is 0.101. The Labute approximate surface area is 273 Å². The van der Waals surface area contributed by atoms with Crippen LogP contribution in [0.5, 0.6) is 28.7 Å². The molecule has 5 N–H and O–H groups in total. The van der Waals surface area contributed by atoms with E-state index in [1.807, 2.05) is 6.92 Å². The van der Waals surface area contributed by atoms with E-state index in [1.165, 1.54) is 12.1 Å². The van der Waals surface area contributed by atoms with Gasteiger partial charge in [-0.3, -0.25) is 19.2 Å². The second-order valence-electron chi connectivity index (χ2n) is 12.4. The molecule has 0 saturated carbocycles. The minimum Gasteiger partial charge on any atom is -0.507 e. The zero-order chi connectivity index (χ0) is 34.8. The first-order valence-electron chi connectivity index (χ1n) is 15.3. The van der Waals surface area contributed by atoms with E-state index >= 15 is 0 Å². The minimum atomic E-state index is -1.46. The molecule has 3 aromatic carbocycles. The maximum Gasteiger partial charge on any atom is 0.342 e. The SMILES string of the molecule is CCCCC(=O)O[C@H]1c2cc(C)cc(O)c2C(=O)C2C(=O)C3=CC[C@]21Cc1cc(O)c(C(=O)c2c(O)ccc(O)c2C(=O)OC)c(O)c13. The van der Waals surface area contributed by atoms with E-state index in [-0.39, 0.29) is 52.8 Å². The van der Waals surface area contributed by atoms with E-state index < -0.39 is 86.4 Å². The summed E-state index contributed by atoms with van der Waals surface area (Å²) in [5.74, 6) is -9.44. The highest BCUT2D eigenvalue weighted by Gasteiger charge is 2.62. The van der Waals surface area contributed by atoms with Crippen molar-refractivity contribution in [2.75, 3.05) is 7.11 Å². The topological polar surface area (TPSA) is 205 Å². The van der Waals surface area contributed by atoms with Crippen LogP contribution < -0.4 is 0 Å². The number of rotatable bonds is 7. The largest absolute Gasteiger partial charge is 0.507 e. The number of ether oxygens (including phenoxy) is 2. The number of hydrogen-bond acceptors (Lipinski definition) is 12. The van der Waals surface area contributed by atoms with Gasteiger partial charge in [0, 0.05) is 28.5 Å². The molecule has 12 heteroatoms. The third-order valence-electron chi connectivity index (χ3n) is 9.53. The minimum absolute atomic E-state index is 0.0162. The Morgan fingerprint density at radius 2 is 1.56 bits per heavy atom. The molecule has 12 nitrogen and oxygen atoms in total. The molecule has 0 amide bonds. The zero-order valence-electron chi connectivity index (χ0n) is 26.2. The average Bonchev–Trinajstić information content (AvgIpc) is 3.25. The Morgan fingerprint density at radius 3 is 2.23 bits per heavy atom. The number of Topliss-reactive ketones (excluding diaryl/α,β-unsaturated/α-hetero) is 2. The number of allylic oxidation sites excluding steroid dienone is 2. The molecule has 1 unspecified atom stereocenters. The number of phenolic OH excluding ortho intramolecular Hbond substituents is 5. The summed E-state index contributed by atoms with van der Waals surface area (Å²) in [5.41, 5.74) is -3.17. The second kappa shape index (κ2) is 11.5. The first-order chi connectivity index (χ1) is 22.8. The number of hydrogen-bond donors (Lipinski definition) is 5. The lowest BCUT2D eigenvalue weighted by Crippen LogP contribution is -2.52. The van der Waals surface area contributed by atoms with Crippen LogP contribution in [0.3, 0.4) is 0 Å². The van der Waals surface area contributed by atoms with E-state index in [4.69, 9.17) is 4.74 Å². The number of phenols is 5. The van der Waals surface area contributed by atoms with Crippen LogP contribution in [0, 0.1) is 18.3 Å². The Bertz CT molecular complexity index is 2000. The average molecular weight is 657 g/mol. The fourth-order valence-corrected chi connectivity index (χ4v) is 7.44. The maximum absolute atomic E-state index is 14.4. The van der Waals surface area contributed by atoms with Crippen LogP contribution in [0.2, 0.25) is 0 Å². The predicted octanol–water partition coefficient (Wildman–Crippen LogP) is 4.73. The summed E-state index contributed by atoms with van der Waals surface area (Å²) < 4.78 is 10.7. The highest BCUT2D eigenvalue weighted by molar-refractivity contribution is 6.33. The van der Waals surface area contributed by atoms with Crippen LogP contribution >= 0.6 is 0 Å². The van der Waals surface area contributed by atoms with Gasteiger partial charge in [-0.05, 0) is 61.6 Å². The number of carbonyl (C=O) groups is 5. The lowest BCUT2D eigenvalue weighted by molar-refractivity contribution is -0.162. The summed E-state index contributed by atoms with van der Waals surface area (Å²) in [5, 5.41) is 54.8. The fourth-order valence-electron chi connectivity index (χ4n) is 7.44. The number of methoxy groups -OCH3 is 1. The lowest BCUT2D eigenvalue weighted by Gasteiger charge is -2.48. The highest BCUT2D eigenvalue weighted by Crippen LogP contribution is 2.62. The van der Waals surface area contributed by atoms with Crippen molar-refractivity contribution in [3.63, 3.8) is 0 Å². The van der Waals surface area contributed by atoms with E-state index in [0.717, 1.165) is 25.3 Å². The Kier molecular flexibility index (Phi) is 7.77. The smallest absolute Gasteiger partial charge is 0.342 e. The summed E-state index contributed by atoms with van der Waals surface area (Å²) in [4.78, 5) is 68.1. The van der Waals surface area contributed by atoms with Gasteiger partial charge in [0.1, 0.15) is 46.0 Å². The first-order valence-corrected chi connectivity index (χ1v) is 15.3. The van der Waals surface area contributed by atoms with Gasteiger partial charge in [0.15, 0.2) is 11.6 Å². The molecule has 0 aliphatic heterocycles. The number of ketones is 3. The van der Waals surface area contributed by atoms with Gasteiger partial charge < -0.3 is 35.0 Å². The molecule has 0 fully saturated rings. The van der Waals surface area contributed by atoms with Gasteiger partial charge in [-0.1, -0.05) is 25.5 Å². The maximum atomic E-state index is 14.4. The van der Waals surface area contributed by atoms with Crippen molar-refractivity contribution in [3.05, 3.63) is 80.9 Å². The van der Waals surface area contributed by atoms with Crippen LogP contribution in [0.1, 0.15) is 97.6 Å². The summed E-state index contributed by atoms with van der Waals surface area (Å²) >= 11 is 0. The van der Waals surface area contributed by atoms with Crippen LogP contribution in [-0.4, -0.2) is 61.9 Å². The zero-order valence-corrected chi connectivity index (χ0v) is 26.2. The van der Waals surface area contributed by atoms with E-state index in [2.05, 4.69) is 4.74 Å². The van der Waals surface area contributed by atoms with Crippen molar-refractivity contribution in [2.45, 2.75) is 52.1 Å². The van der Waals surface area contributed by atoms with Crippen molar-refractivity contribution in [2.24, 2.45) is 11.3 Å². The van der Waals surface area contributed by atoms with Gasteiger partial charge in [-0.15, -0.1) is 0 Å². The summed E-state index contributed by atoms with van der Waals surface area (Å²) in [6.07, 6.45) is 1.46. The number of aromatic hydroxyl groups is 5. The molecule has 0 heterocycles. The molecule has 0 radical (unpaired) electrons. The van der Waals surface area contributed by atoms with Crippen LogP contribution in [0.15, 0.2) is 36.4 Å². The van der Waals surface area contributed by atoms with Crippen molar-refractivity contribution >= 4 is 34.9 Å². The number of carbonyl (C=O) groups excluding carboxylic acids is 5. The number of esters is 2. The fraction of sp³-hybridized carbons (Fsp3) is 0.306. The van der Waals surface area contributed by atoms with E-state index in [9.17, 15) is 49.5 Å². The molecular weight excluding hydrogens is 624 g/mol. The number of aryl methyl sites for hydroxylation is 1. The third-order valence-corrected chi connectivity index (χ3v) is 9.53. The molecule has 48 heavy (non-hydrogen) atoms. The molecule has 4 aliphatic carbocycles. The first kappa shape index (κ1) is 32.3. The number of benzene rings is 3. The normalized spacial score (nSPS) is 20.6. The Balaban J connectivity index is 1.56. The third kappa shape index (κ3) is 4.62. The molecule has 0 aromatic heterocycles. The van der Waals surface area contributed by atoms with Crippen LogP contribution in [0.25, 0.3) is 5.57 Å². The van der Waals surface area contributed by atoms with E-state index in [0.29, 0.717) is 18.4 Å². The van der Waals surface area contributed by atoms with Gasteiger partial charge >= 0.3 is 11.9 Å². The van der Waals surface area contributed by atoms with Gasteiger partial charge in [-0.25, -0.2) is 4.79 Å². The molecule has 1 spiro atoms. The van der Waals surface area contributed by atoms with Gasteiger partial charge in [0.2, 0.25) is 5.78 Å². The molecule has 2 bridgehead atoms. The molecule has 3 aromatic rings. The Hall–Kier alpha value is -5.65. The molecule has 0 saturated heterocycles. The summed E-state index contributed by atoms with van der Waals surface area (Å²) in [6, 6.07) is 6.03. The second-order valence-corrected chi connectivity index (χ2v) is 12.4. The predicted molar refractivity (Wildman–Crippen MR) is 167 cm³/mol. The van der Waals surface area contributed by atoms with Gasteiger partial charge in [0.05, 0.1) is 24.2 Å². The molecule has 3 atom stereocenters. The van der Waals surface area contributed by atoms with Gasteiger partial charge in [-0.2, -0.15) is 0 Å². The lowest BCUT2D eigenvalue weighted by atomic mass is 9.55. The molecule has 4 aliphatic rings. The standard InChI is InChI=1S/C36H32O12/c1-4-5-6-23(41)48-34-18-11-15(2)12-21(39)25(18)33(45)29-30(42)17-9-10-36(29,34)14-16-13-22(40)28(31(43)24(16)17)32(44)26-19(37)7-8-20(38)27(26)35(46)47-3/h7-9,11-13,29,34,37-40,43H,4-6,10,14H2,1-3H3/t29?,34-,36-/m0/s1. The summed E-state index contributed by atoms with van der Waals surface area (Å²) in [7, 11) is 0.986. The van der Waals surface area contributed by atoms with Crippen molar-refractivity contribution in [1.82, 2.24) is 0 Å². The monoisotopic (exact) mass is 656 g/mol. The van der Waals surface area contributed by atoms with E-state index in [1.54, 1.807) is 13.0 Å². The van der Waals surface area contributed by atoms with Crippen LogP contribution in [-0.2, 0) is 25.5 Å². The highest BCUT2D eigenvalue weighted by atomic mass is 16.5. The van der Waals surface area contributed by atoms with Crippen LogP contribution in [0.4, 0.5) is 0 Å². The van der Waals surface area contributed by atoms with Gasteiger partial charge in [0.25, 0.3) is 0 Å². The van der Waals surface area contributed by atoms with Crippen molar-refractivity contribution < 1.29 is 59.0 Å².